The molecule has 0 amide bonds. The van der Waals surface area contributed by atoms with Crippen LogP contribution >= 0.6 is 0 Å². The zero-order chi connectivity index (χ0) is 8.48. The Morgan fingerprint density at radius 1 is 1.73 bits per heavy atom. The van der Waals surface area contributed by atoms with Crippen molar-refractivity contribution in [3.05, 3.63) is 0 Å². The van der Waals surface area contributed by atoms with Crippen molar-refractivity contribution >= 4 is 5.97 Å². The van der Waals surface area contributed by atoms with Crippen molar-refractivity contribution in [1.29, 1.82) is 0 Å². The summed E-state index contributed by atoms with van der Waals surface area (Å²) in [6.07, 6.45) is 2.46. The van der Waals surface area contributed by atoms with Gasteiger partial charge in [0.1, 0.15) is 6.04 Å². The highest BCUT2D eigenvalue weighted by Crippen LogP contribution is 2.44. The van der Waals surface area contributed by atoms with Crippen molar-refractivity contribution in [1.82, 2.24) is 5.32 Å². The highest BCUT2D eigenvalue weighted by Gasteiger charge is 2.37. The van der Waals surface area contributed by atoms with Crippen LogP contribution in [0.4, 0.5) is 0 Å². The number of hydrogen-bond donors (Lipinski definition) is 2. The molecule has 2 N–H and O–H groups in total. The molecule has 3 heteroatoms. The maximum absolute atomic E-state index is 10.4. The molecule has 1 unspecified atom stereocenters. The van der Waals surface area contributed by atoms with Gasteiger partial charge in [-0.1, -0.05) is 6.92 Å². The molecule has 0 aromatic heterocycles. The van der Waals surface area contributed by atoms with Gasteiger partial charge in [-0.15, -0.1) is 0 Å². The van der Waals surface area contributed by atoms with Crippen LogP contribution in [0.3, 0.4) is 0 Å². The molecule has 0 saturated heterocycles. The molecule has 1 aliphatic carbocycles. The Morgan fingerprint density at radius 3 is 2.64 bits per heavy atom. The lowest BCUT2D eigenvalue weighted by atomic mass is 10.1. The number of aliphatic carboxylic acids is 1. The summed E-state index contributed by atoms with van der Waals surface area (Å²) < 4.78 is 0. The molecule has 0 spiro atoms. The molecule has 0 bridgehead atoms. The number of carbonyl (C=O) groups is 1. The van der Waals surface area contributed by atoms with Gasteiger partial charge in [0, 0.05) is 6.54 Å². The molecule has 64 valence electrons. The van der Waals surface area contributed by atoms with E-state index in [9.17, 15) is 4.79 Å². The average Bonchev–Trinajstić information content (AvgIpc) is 2.64. The van der Waals surface area contributed by atoms with Crippen molar-refractivity contribution in [2.75, 3.05) is 6.54 Å². The second kappa shape index (κ2) is 2.81. The van der Waals surface area contributed by atoms with Gasteiger partial charge in [0.05, 0.1) is 0 Å². The van der Waals surface area contributed by atoms with Crippen LogP contribution in [0.1, 0.15) is 26.7 Å². The minimum atomic E-state index is -0.769. The Bertz CT molecular complexity index is 163. The van der Waals surface area contributed by atoms with Gasteiger partial charge in [-0.2, -0.15) is 0 Å². The molecule has 0 heterocycles. The van der Waals surface area contributed by atoms with Gasteiger partial charge in [0.2, 0.25) is 0 Å². The Hall–Kier alpha value is -0.570. The normalized spacial score (nSPS) is 22.7. The van der Waals surface area contributed by atoms with Gasteiger partial charge < -0.3 is 10.4 Å². The SMILES string of the molecule is CC(NCC1(C)CC1)C(=O)O. The summed E-state index contributed by atoms with van der Waals surface area (Å²) in [5.74, 6) is -0.769. The third kappa shape index (κ3) is 2.50. The quantitative estimate of drug-likeness (QED) is 0.636. The first kappa shape index (κ1) is 8.53. The Morgan fingerprint density at radius 2 is 2.27 bits per heavy atom. The lowest BCUT2D eigenvalue weighted by molar-refractivity contribution is -0.139. The summed E-state index contributed by atoms with van der Waals surface area (Å²) in [5.41, 5.74) is 0.393. The minimum Gasteiger partial charge on any atom is -0.480 e. The van der Waals surface area contributed by atoms with E-state index in [0.717, 1.165) is 6.54 Å². The first-order valence-electron chi connectivity index (χ1n) is 4.00. The van der Waals surface area contributed by atoms with Crippen molar-refractivity contribution in [2.24, 2.45) is 5.41 Å². The first-order valence-corrected chi connectivity index (χ1v) is 4.00. The zero-order valence-corrected chi connectivity index (χ0v) is 7.05. The molecule has 0 aliphatic heterocycles. The molecule has 1 fully saturated rings. The second-order valence-corrected chi connectivity index (χ2v) is 3.75. The summed E-state index contributed by atoms with van der Waals surface area (Å²) in [4.78, 5) is 10.4. The first-order chi connectivity index (χ1) is 5.03. The van der Waals surface area contributed by atoms with E-state index in [4.69, 9.17) is 5.11 Å². The van der Waals surface area contributed by atoms with Crippen LogP contribution in [0.15, 0.2) is 0 Å². The van der Waals surface area contributed by atoms with E-state index >= 15 is 0 Å². The van der Waals surface area contributed by atoms with E-state index in [1.54, 1.807) is 6.92 Å². The maximum atomic E-state index is 10.4. The lowest BCUT2D eigenvalue weighted by Gasteiger charge is -2.12. The third-order valence-corrected chi connectivity index (χ3v) is 2.31. The molecule has 11 heavy (non-hydrogen) atoms. The number of rotatable bonds is 4. The zero-order valence-electron chi connectivity index (χ0n) is 7.05. The van der Waals surface area contributed by atoms with Gasteiger partial charge in [-0.25, -0.2) is 0 Å². The van der Waals surface area contributed by atoms with Gasteiger partial charge in [0.25, 0.3) is 0 Å². The smallest absolute Gasteiger partial charge is 0.320 e. The summed E-state index contributed by atoms with van der Waals surface area (Å²) >= 11 is 0. The molecule has 3 nitrogen and oxygen atoms in total. The fourth-order valence-electron chi connectivity index (χ4n) is 0.877. The topological polar surface area (TPSA) is 49.3 Å². The average molecular weight is 157 g/mol. The summed E-state index contributed by atoms with van der Waals surface area (Å²) in [6.45, 7) is 4.68. The predicted octanol–water partition coefficient (Wildman–Crippen LogP) is 0.849. The third-order valence-electron chi connectivity index (χ3n) is 2.31. The Kier molecular flexibility index (Phi) is 2.18. The fraction of sp³-hybridized carbons (Fsp3) is 0.875. The summed E-state index contributed by atoms with van der Waals surface area (Å²) in [5, 5.41) is 11.5. The van der Waals surface area contributed by atoms with E-state index in [0.29, 0.717) is 5.41 Å². The van der Waals surface area contributed by atoms with Gasteiger partial charge >= 0.3 is 5.97 Å². The monoisotopic (exact) mass is 157 g/mol. The summed E-state index contributed by atoms with van der Waals surface area (Å²) in [7, 11) is 0. The fourth-order valence-corrected chi connectivity index (χ4v) is 0.877. The van der Waals surface area contributed by atoms with Gasteiger partial charge in [-0.3, -0.25) is 4.79 Å². The van der Waals surface area contributed by atoms with Gasteiger partial charge in [0.15, 0.2) is 0 Å². The van der Waals surface area contributed by atoms with Crippen LogP contribution in [0.2, 0.25) is 0 Å². The lowest BCUT2D eigenvalue weighted by Crippen LogP contribution is -2.36. The van der Waals surface area contributed by atoms with Crippen molar-refractivity contribution in [3.8, 4) is 0 Å². The van der Waals surface area contributed by atoms with Crippen molar-refractivity contribution in [3.63, 3.8) is 0 Å². The largest absolute Gasteiger partial charge is 0.480 e. The molecule has 0 aromatic carbocycles. The molecule has 0 radical (unpaired) electrons. The van der Waals surface area contributed by atoms with Crippen molar-refractivity contribution < 1.29 is 9.90 Å². The van der Waals surface area contributed by atoms with Crippen LogP contribution in [0, 0.1) is 5.41 Å². The van der Waals surface area contributed by atoms with E-state index in [-0.39, 0.29) is 0 Å². The minimum absolute atomic E-state index is 0.393. The Balaban J connectivity index is 2.16. The molecule has 1 atom stereocenters. The van der Waals surface area contributed by atoms with Crippen LogP contribution in [0.25, 0.3) is 0 Å². The van der Waals surface area contributed by atoms with E-state index < -0.39 is 12.0 Å². The number of nitrogens with one attached hydrogen (secondary N) is 1. The molecular formula is C8H15NO2. The molecular weight excluding hydrogens is 142 g/mol. The van der Waals surface area contributed by atoms with Crippen molar-refractivity contribution in [2.45, 2.75) is 32.7 Å². The van der Waals surface area contributed by atoms with Gasteiger partial charge in [-0.05, 0) is 25.2 Å². The Labute approximate surface area is 66.8 Å². The highest BCUT2D eigenvalue weighted by atomic mass is 16.4. The van der Waals surface area contributed by atoms with E-state index in [2.05, 4.69) is 12.2 Å². The molecule has 1 saturated carbocycles. The summed E-state index contributed by atoms with van der Waals surface area (Å²) in [6, 6.07) is -0.410. The van der Waals surface area contributed by atoms with E-state index in [1.807, 2.05) is 0 Å². The van der Waals surface area contributed by atoms with E-state index in [1.165, 1.54) is 12.8 Å². The standard InChI is InChI=1S/C8H15NO2/c1-6(7(10)11)9-5-8(2)3-4-8/h6,9H,3-5H2,1-2H3,(H,10,11). The predicted molar refractivity (Wildman–Crippen MR) is 42.4 cm³/mol. The molecule has 1 aliphatic rings. The molecule has 0 aromatic rings. The van der Waals surface area contributed by atoms with Crippen LogP contribution in [-0.2, 0) is 4.79 Å². The number of carboxylic acid groups (broad SMARTS) is 1. The van der Waals surface area contributed by atoms with Crippen LogP contribution in [-0.4, -0.2) is 23.7 Å². The second-order valence-electron chi connectivity index (χ2n) is 3.75. The van der Waals surface area contributed by atoms with Crippen LogP contribution < -0.4 is 5.32 Å². The number of hydrogen-bond acceptors (Lipinski definition) is 2. The highest BCUT2D eigenvalue weighted by molar-refractivity contribution is 5.72. The number of carboxylic acids is 1. The maximum Gasteiger partial charge on any atom is 0.320 e. The molecule has 1 rings (SSSR count). The van der Waals surface area contributed by atoms with Crippen LogP contribution in [0.5, 0.6) is 0 Å².